The first-order valence-electron chi connectivity index (χ1n) is 5.77. The van der Waals surface area contributed by atoms with Crippen LogP contribution in [0.5, 0.6) is 0 Å². The molecule has 1 unspecified atom stereocenters. The number of nitrogens with one attached hydrogen (secondary N) is 1. The summed E-state index contributed by atoms with van der Waals surface area (Å²) in [7, 11) is 0. The standard InChI is InChI=1S/C11H21N3S/c1-2-11(3-4-12)13-5-6-14-7-9-15-10-8-14/h11,13H,2-3,5-10H2,1H3. The third kappa shape index (κ3) is 5.41. The Hall–Kier alpha value is -0.240. The summed E-state index contributed by atoms with van der Waals surface area (Å²) in [6, 6.07) is 2.61. The van der Waals surface area contributed by atoms with Crippen molar-refractivity contribution < 1.29 is 0 Å². The molecule has 86 valence electrons. The molecule has 1 N–H and O–H groups in total. The molecule has 0 radical (unpaired) electrons. The van der Waals surface area contributed by atoms with E-state index < -0.39 is 0 Å². The molecule has 4 heteroatoms. The molecular weight excluding hydrogens is 206 g/mol. The van der Waals surface area contributed by atoms with Gasteiger partial charge in [-0.1, -0.05) is 6.92 Å². The number of hydrogen-bond acceptors (Lipinski definition) is 4. The summed E-state index contributed by atoms with van der Waals surface area (Å²) in [5.41, 5.74) is 0. The number of nitrogens with zero attached hydrogens (tertiary/aromatic N) is 2. The third-order valence-corrected chi connectivity index (χ3v) is 3.74. The lowest BCUT2D eigenvalue weighted by molar-refractivity contribution is 0.294. The molecule has 1 aliphatic heterocycles. The van der Waals surface area contributed by atoms with Crippen LogP contribution in [-0.4, -0.2) is 48.6 Å². The fraction of sp³-hybridized carbons (Fsp3) is 0.909. The van der Waals surface area contributed by atoms with Crippen molar-refractivity contribution in [2.24, 2.45) is 0 Å². The summed E-state index contributed by atoms with van der Waals surface area (Å²) in [6.45, 7) is 6.72. The summed E-state index contributed by atoms with van der Waals surface area (Å²) in [5, 5.41) is 12.1. The summed E-state index contributed by atoms with van der Waals surface area (Å²) >= 11 is 2.05. The minimum absolute atomic E-state index is 0.383. The van der Waals surface area contributed by atoms with Crippen molar-refractivity contribution >= 4 is 11.8 Å². The maximum Gasteiger partial charge on any atom is 0.0638 e. The van der Waals surface area contributed by atoms with E-state index in [0.717, 1.165) is 19.5 Å². The van der Waals surface area contributed by atoms with Crippen molar-refractivity contribution in [2.75, 3.05) is 37.7 Å². The van der Waals surface area contributed by atoms with Crippen LogP contribution in [-0.2, 0) is 0 Å². The Bertz CT molecular complexity index is 196. The highest BCUT2D eigenvalue weighted by Gasteiger charge is 2.10. The molecule has 0 aromatic heterocycles. The van der Waals surface area contributed by atoms with Gasteiger partial charge < -0.3 is 10.2 Å². The Balaban J connectivity index is 2.06. The lowest BCUT2D eigenvalue weighted by atomic mass is 10.2. The molecule has 3 nitrogen and oxygen atoms in total. The lowest BCUT2D eigenvalue weighted by Gasteiger charge is -2.26. The molecule has 1 fully saturated rings. The Labute approximate surface area is 97.2 Å². The van der Waals surface area contributed by atoms with Crippen LogP contribution in [0.15, 0.2) is 0 Å². The monoisotopic (exact) mass is 227 g/mol. The van der Waals surface area contributed by atoms with Crippen molar-refractivity contribution in [1.29, 1.82) is 5.26 Å². The van der Waals surface area contributed by atoms with E-state index in [1.165, 1.54) is 24.6 Å². The van der Waals surface area contributed by atoms with E-state index >= 15 is 0 Å². The smallest absolute Gasteiger partial charge is 0.0638 e. The molecule has 1 aliphatic rings. The quantitative estimate of drug-likeness (QED) is 0.743. The van der Waals surface area contributed by atoms with Gasteiger partial charge in [0.25, 0.3) is 0 Å². The first-order chi connectivity index (χ1) is 7.36. The van der Waals surface area contributed by atoms with Crippen molar-refractivity contribution in [1.82, 2.24) is 10.2 Å². The van der Waals surface area contributed by atoms with E-state index in [4.69, 9.17) is 5.26 Å². The average molecular weight is 227 g/mol. The maximum absolute atomic E-state index is 8.61. The van der Waals surface area contributed by atoms with Gasteiger partial charge in [0.2, 0.25) is 0 Å². The largest absolute Gasteiger partial charge is 0.312 e. The lowest BCUT2D eigenvalue weighted by Crippen LogP contribution is -2.40. The van der Waals surface area contributed by atoms with Gasteiger partial charge in [-0.15, -0.1) is 0 Å². The van der Waals surface area contributed by atoms with E-state index in [1.807, 2.05) is 11.8 Å². The molecule has 0 aromatic carbocycles. The van der Waals surface area contributed by atoms with Gasteiger partial charge in [0, 0.05) is 43.7 Å². The van der Waals surface area contributed by atoms with Crippen molar-refractivity contribution in [3.63, 3.8) is 0 Å². The first kappa shape index (κ1) is 12.8. The average Bonchev–Trinajstić information content (AvgIpc) is 2.29. The summed E-state index contributed by atoms with van der Waals surface area (Å²) in [4.78, 5) is 2.50. The van der Waals surface area contributed by atoms with Crippen LogP contribution in [0.25, 0.3) is 0 Å². The van der Waals surface area contributed by atoms with Gasteiger partial charge in [0.1, 0.15) is 0 Å². The van der Waals surface area contributed by atoms with Gasteiger partial charge in [-0.25, -0.2) is 0 Å². The third-order valence-electron chi connectivity index (χ3n) is 2.80. The van der Waals surface area contributed by atoms with Crippen LogP contribution < -0.4 is 5.32 Å². The molecule has 15 heavy (non-hydrogen) atoms. The number of thioether (sulfide) groups is 1. The van der Waals surface area contributed by atoms with Crippen LogP contribution in [0.4, 0.5) is 0 Å². The zero-order valence-corrected chi connectivity index (χ0v) is 10.4. The molecule has 0 aromatic rings. The predicted octanol–water partition coefficient (Wildman–Crippen LogP) is 1.32. The molecule has 0 amide bonds. The van der Waals surface area contributed by atoms with Crippen LogP contribution in [0.1, 0.15) is 19.8 Å². The highest BCUT2D eigenvalue weighted by molar-refractivity contribution is 7.99. The van der Waals surface area contributed by atoms with E-state index in [0.29, 0.717) is 12.5 Å². The van der Waals surface area contributed by atoms with Crippen molar-refractivity contribution in [2.45, 2.75) is 25.8 Å². The van der Waals surface area contributed by atoms with Crippen LogP contribution in [0.3, 0.4) is 0 Å². The molecule has 0 spiro atoms. The topological polar surface area (TPSA) is 39.1 Å². The van der Waals surface area contributed by atoms with Gasteiger partial charge >= 0.3 is 0 Å². The Morgan fingerprint density at radius 3 is 2.80 bits per heavy atom. The predicted molar refractivity (Wildman–Crippen MR) is 66.1 cm³/mol. The van der Waals surface area contributed by atoms with E-state index in [9.17, 15) is 0 Å². The second-order valence-corrected chi connectivity index (χ2v) is 5.10. The van der Waals surface area contributed by atoms with E-state index in [-0.39, 0.29) is 0 Å². The van der Waals surface area contributed by atoms with Gasteiger partial charge in [0.05, 0.1) is 12.5 Å². The molecule has 1 rings (SSSR count). The first-order valence-corrected chi connectivity index (χ1v) is 6.92. The van der Waals surface area contributed by atoms with Crippen LogP contribution >= 0.6 is 11.8 Å². The minimum Gasteiger partial charge on any atom is -0.312 e. The van der Waals surface area contributed by atoms with E-state index in [1.54, 1.807) is 0 Å². The summed E-state index contributed by atoms with van der Waals surface area (Å²) in [5.74, 6) is 2.55. The molecule has 1 heterocycles. The zero-order chi connectivity index (χ0) is 10.9. The van der Waals surface area contributed by atoms with Gasteiger partial charge in [0.15, 0.2) is 0 Å². The second kappa shape index (κ2) is 7.98. The number of rotatable bonds is 6. The van der Waals surface area contributed by atoms with Gasteiger partial charge in [-0.2, -0.15) is 17.0 Å². The van der Waals surface area contributed by atoms with Crippen molar-refractivity contribution in [3.05, 3.63) is 0 Å². The molecular formula is C11H21N3S. The fourth-order valence-electron chi connectivity index (χ4n) is 1.72. The van der Waals surface area contributed by atoms with E-state index in [2.05, 4.69) is 23.2 Å². The Kier molecular flexibility index (Phi) is 6.82. The zero-order valence-electron chi connectivity index (χ0n) is 9.54. The highest BCUT2D eigenvalue weighted by atomic mass is 32.2. The normalized spacial score (nSPS) is 19.7. The SMILES string of the molecule is CCC(CC#N)NCCN1CCSCC1. The highest BCUT2D eigenvalue weighted by Crippen LogP contribution is 2.08. The van der Waals surface area contributed by atoms with Crippen molar-refractivity contribution in [3.8, 4) is 6.07 Å². The van der Waals surface area contributed by atoms with Gasteiger partial charge in [-0.3, -0.25) is 0 Å². The summed E-state index contributed by atoms with van der Waals surface area (Å²) < 4.78 is 0. The Morgan fingerprint density at radius 2 is 2.20 bits per heavy atom. The second-order valence-electron chi connectivity index (χ2n) is 3.88. The minimum atomic E-state index is 0.383. The number of hydrogen-bond donors (Lipinski definition) is 1. The molecule has 0 aliphatic carbocycles. The maximum atomic E-state index is 8.61. The van der Waals surface area contributed by atoms with Crippen LogP contribution in [0.2, 0.25) is 0 Å². The van der Waals surface area contributed by atoms with Gasteiger partial charge in [-0.05, 0) is 6.42 Å². The van der Waals surface area contributed by atoms with Crippen LogP contribution in [0, 0.1) is 11.3 Å². The molecule has 0 bridgehead atoms. The molecule has 1 saturated heterocycles. The fourth-order valence-corrected chi connectivity index (χ4v) is 2.70. The summed E-state index contributed by atoms with van der Waals surface area (Å²) in [6.07, 6.45) is 1.68. The number of nitriles is 1. The molecule has 0 saturated carbocycles. The molecule has 1 atom stereocenters. The Morgan fingerprint density at radius 1 is 1.47 bits per heavy atom.